The van der Waals surface area contributed by atoms with Crippen LogP contribution in [0.25, 0.3) is 0 Å². The third kappa shape index (κ3) is 5.88. The molecule has 1 amide bonds. The van der Waals surface area contributed by atoms with E-state index in [1.807, 2.05) is 24.3 Å². The van der Waals surface area contributed by atoms with Gasteiger partial charge in [-0.25, -0.2) is 0 Å². The molecule has 5 nitrogen and oxygen atoms in total. The monoisotopic (exact) mass is 336 g/mol. The van der Waals surface area contributed by atoms with Crippen molar-refractivity contribution in [1.29, 1.82) is 0 Å². The molecule has 1 aliphatic rings. The van der Waals surface area contributed by atoms with Crippen LogP contribution in [-0.4, -0.2) is 30.8 Å². The highest BCUT2D eigenvalue weighted by Crippen LogP contribution is 2.25. The van der Waals surface area contributed by atoms with Crippen LogP contribution < -0.4 is 11.1 Å². The zero-order valence-electron chi connectivity index (χ0n) is 13.4. The van der Waals surface area contributed by atoms with Gasteiger partial charge in [-0.05, 0) is 37.0 Å². The molecule has 1 saturated carbocycles. The van der Waals surface area contributed by atoms with E-state index in [0.717, 1.165) is 36.9 Å². The van der Waals surface area contributed by atoms with Crippen LogP contribution >= 0.6 is 11.8 Å². The lowest BCUT2D eigenvalue weighted by Crippen LogP contribution is -2.34. The molecule has 2 rings (SSSR count). The number of thioether (sulfide) groups is 1. The molecule has 0 spiro atoms. The lowest BCUT2D eigenvalue weighted by molar-refractivity contribution is -0.137. The Kier molecular flexibility index (Phi) is 6.92. The highest BCUT2D eigenvalue weighted by Gasteiger charge is 2.25. The summed E-state index contributed by atoms with van der Waals surface area (Å²) in [6.07, 6.45) is 3.70. The van der Waals surface area contributed by atoms with E-state index in [1.165, 1.54) is 18.9 Å². The minimum Gasteiger partial charge on any atom is -0.468 e. The summed E-state index contributed by atoms with van der Waals surface area (Å²) in [6.45, 7) is 0. The first-order valence-electron chi connectivity index (χ1n) is 7.88. The molecule has 0 radical (unpaired) electrons. The third-order valence-electron chi connectivity index (χ3n) is 4.00. The molecular formula is C17H24N2O3S. The fraction of sp³-hybridized carbons (Fsp3) is 0.529. The van der Waals surface area contributed by atoms with Gasteiger partial charge in [0.15, 0.2) is 0 Å². The average molecular weight is 336 g/mol. The van der Waals surface area contributed by atoms with E-state index in [4.69, 9.17) is 5.73 Å². The summed E-state index contributed by atoms with van der Waals surface area (Å²) in [5, 5.41) is 2.99. The van der Waals surface area contributed by atoms with Crippen molar-refractivity contribution in [2.75, 3.05) is 18.2 Å². The highest BCUT2D eigenvalue weighted by molar-refractivity contribution is 7.99. The van der Waals surface area contributed by atoms with Crippen molar-refractivity contribution in [2.45, 2.75) is 37.5 Å². The molecule has 2 unspecified atom stereocenters. The minimum atomic E-state index is -0.229. The maximum atomic E-state index is 12.3. The number of hydrogen-bond acceptors (Lipinski definition) is 5. The van der Waals surface area contributed by atoms with Gasteiger partial charge in [0, 0.05) is 23.4 Å². The van der Waals surface area contributed by atoms with E-state index in [2.05, 4.69) is 10.1 Å². The number of nitrogens with one attached hydrogen (secondary N) is 1. The molecule has 0 heterocycles. The van der Waals surface area contributed by atoms with Crippen LogP contribution in [0.3, 0.4) is 0 Å². The fourth-order valence-electron chi connectivity index (χ4n) is 2.76. The maximum absolute atomic E-state index is 12.3. The van der Waals surface area contributed by atoms with Crippen molar-refractivity contribution in [3.8, 4) is 0 Å². The Hall–Kier alpha value is -1.53. The van der Waals surface area contributed by atoms with Crippen molar-refractivity contribution in [1.82, 2.24) is 0 Å². The molecule has 6 heteroatoms. The van der Waals surface area contributed by atoms with Crippen molar-refractivity contribution in [3.05, 3.63) is 29.8 Å². The van der Waals surface area contributed by atoms with Crippen LogP contribution in [0.1, 0.15) is 31.2 Å². The molecule has 1 aliphatic carbocycles. The number of rotatable bonds is 6. The molecule has 1 aromatic rings. The third-order valence-corrected chi connectivity index (χ3v) is 4.97. The Balaban J connectivity index is 1.86. The molecule has 0 aliphatic heterocycles. The van der Waals surface area contributed by atoms with Gasteiger partial charge in [-0.1, -0.05) is 18.6 Å². The molecule has 23 heavy (non-hydrogen) atoms. The van der Waals surface area contributed by atoms with Gasteiger partial charge in [-0.15, -0.1) is 11.8 Å². The normalized spacial score (nSPS) is 20.8. The number of carbonyl (C=O) groups excluding carboxylic acids is 2. The molecule has 1 aromatic carbocycles. The predicted octanol–water partition coefficient (Wildman–Crippen LogP) is 2.55. The lowest BCUT2D eigenvalue weighted by Gasteiger charge is -2.25. The summed E-state index contributed by atoms with van der Waals surface area (Å²) in [6, 6.07) is 7.87. The van der Waals surface area contributed by atoms with E-state index < -0.39 is 0 Å². The summed E-state index contributed by atoms with van der Waals surface area (Å²) < 4.78 is 4.61. The Morgan fingerprint density at radius 2 is 2.22 bits per heavy atom. The largest absolute Gasteiger partial charge is 0.468 e. The Labute approximate surface area is 141 Å². The smallest absolute Gasteiger partial charge is 0.315 e. The Morgan fingerprint density at radius 3 is 2.96 bits per heavy atom. The van der Waals surface area contributed by atoms with Crippen LogP contribution in [0.5, 0.6) is 0 Å². The molecule has 3 N–H and O–H groups in total. The van der Waals surface area contributed by atoms with Crippen molar-refractivity contribution in [3.63, 3.8) is 0 Å². The second kappa shape index (κ2) is 8.93. The number of anilines is 1. The summed E-state index contributed by atoms with van der Waals surface area (Å²) in [4.78, 5) is 23.4. The van der Waals surface area contributed by atoms with Gasteiger partial charge in [0.1, 0.15) is 0 Å². The highest BCUT2D eigenvalue weighted by atomic mass is 32.2. The second-order valence-electron chi connectivity index (χ2n) is 5.88. The number of benzene rings is 1. The van der Waals surface area contributed by atoms with Gasteiger partial charge in [0.2, 0.25) is 5.91 Å². The number of esters is 1. The first-order chi connectivity index (χ1) is 11.1. The lowest BCUT2D eigenvalue weighted by atomic mass is 9.85. The number of methoxy groups -OCH3 is 1. The van der Waals surface area contributed by atoms with Gasteiger partial charge < -0.3 is 15.8 Å². The molecule has 126 valence electrons. The van der Waals surface area contributed by atoms with Gasteiger partial charge in [0.25, 0.3) is 0 Å². The first kappa shape index (κ1) is 17.8. The molecule has 0 aromatic heterocycles. The van der Waals surface area contributed by atoms with Crippen molar-refractivity contribution < 1.29 is 14.3 Å². The average Bonchev–Trinajstić information content (AvgIpc) is 2.55. The zero-order chi connectivity index (χ0) is 16.7. The predicted molar refractivity (Wildman–Crippen MR) is 93.2 cm³/mol. The molecule has 1 fully saturated rings. The van der Waals surface area contributed by atoms with Crippen LogP contribution in [0.2, 0.25) is 0 Å². The Morgan fingerprint density at radius 1 is 1.39 bits per heavy atom. The van der Waals surface area contributed by atoms with Crippen LogP contribution in [0, 0.1) is 5.92 Å². The number of nitrogens with two attached hydrogens (primary N) is 1. The number of carbonyl (C=O) groups is 2. The number of hydrogen-bond donors (Lipinski definition) is 2. The van der Waals surface area contributed by atoms with Gasteiger partial charge in [-0.3, -0.25) is 9.59 Å². The van der Waals surface area contributed by atoms with E-state index in [9.17, 15) is 9.59 Å². The van der Waals surface area contributed by atoms with Crippen molar-refractivity contribution >= 4 is 29.3 Å². The molecule has 0 saturated heterocycles. The van der Waals surface area contributed by atoms with Gasteiger partial charge in [0.05, 0.1) is 12.9 Å². The first-order valence-corrected chi connectivity index (χ1v) is 9.04. The van der Waals surface area contributed by atoms with Crippen LogP contribution in [0.4, 0.5) is 5.69 Å². The van der Waals surface area contributed by atoms with Crippen LogP contribution in [0.15, 0.2) is 24.3 Å². The molecule has 0 bridgehead atoms. The SMILES string of the molecule is COC(=O)CSCc1cccc(NC(=O)C2CCCC(N)C2)c1. The maximum Gasteiger partial charge on any atom is 0.315 e. The van der Waals surface area contributed by atoms with Crippen molar-refractivity contribution in [2.24, 2.45) is 11.7 Å². The van der Waals surface area contributed by atoms with E-state index in [1.54, 1.807) is 0 Å². The topological polar surface area (TPSA) is 81.4 Å². The van der Waals surface area contributed by atoms with Gasteiger partial charge >= 0.3 is 5.97 Å². The summed E-state index contributed by atoms with van der Waals surface area (Å²) in [5.74, 6) is 0.865. The Bertz CT molecular complexity index is 550. The van der Waals surface area contributed by atoms with E-state index >= 15 is 0 Å². The number of ether oxygens (including phenoxy) is 1. The van der Waals surface area contributed by atoms with Gasteiger partial charge in [-0.2, -0.15) is 0 Å². The zero-order valence-corrected chi connectivity index (χ0v) is 14.2. The standard InChI is InChI=1S/C17H24N2O3S/c1-22-16(20)11-23-10-12-4-2-7-15(8-12)19-17(21)13-5-3-6-14(18)9-13/h2,4,7-8,13-14H,3,5-6,9-11,18H2,1H3,(H,19,21). The summed E-state index contributed by atoms with van der Waals surface area (Å²) in [5.41, 5.74) is 7.81. The minimum absolute atomic E-state index is 0.0103. The number of amides is 1. The van der Waals surface area contributed by atoms with Crippen LogP contribution in [-0.2, 0) is 20.1 Å². The summed E-state index contributed by atoms with van der Waals surface area (Å²) in [7, 11) is 1.39. The summed E-state index contributed by atoms with van der Waals surface area (Å²) >= 11 is 1.49. The fourth-order valence-corrected chi connectivity index (χ4v) is 3.56. The van der Waals surface area contributed by atoms with E-state index in [0.29, 0.717) is 11.5 Å². The molecule has 2 atom stereocenters. The quantitative estimate of drug-likeness (QED) is 0.780. The van der Waals surface area contributed by atoms with E-state index in [-0.39, 0.29) is 23.8 Å². The molecular weight excluding hydrogens is 312 g/mol. The second-order valence-corrected chi connectivity index (χ2v) is 6.87.